The first kappa shape index (κ1) is 18.5. The predicted octanol–water partition coefficient (Wildman–Crippen LogP) is 3.28. The van der Waals surface area contributed by atoms with Gasteiger partial charge >= 0.3 is 0 Å². The van der Waals surface area contributed by atoms with E-state index in [4.69, 9.17) is 0 Å². The van der Waals surface area contributed by atoms with E-state index < -0.39 is 34.5 Å². The van der Waals surface area contributed by atoms with Gasteiger partial charge in [-0.1, -0.05) is 30.3 Å². The summed E-state index contributed by atoms with van der Waals surface area (Å²) in [6.45, 7) is 3.04. The standard InChI is InChI=1S/C18H19FN2O4/c1-11-8-14(19)10-15(17(11)21(24)25)18(23)20-12(2)9-16(22)13-6-4-3-5-7-13/h3-8,10,12,16,22H,9H2,1-2H3,(H,20,23). The molecule has 2 unspecified atom stereocenters. The smallest absolute Gasteiger partial charge is 0.285 e. The van der Waals surface area contributed by atoms with Crippen molar-refractivity contribution in [1.29, 1.82) is 0 Å². The summed E-state index contributed by atoms with van der Waals surface area (Å²) in [5, 5.41) is 23.9. The van der Waals surface area contributed by atoms with Crippen LogP contribution in [-0.2, 0) is 0 Å². The number of nitrogens with one attached hydrogen (secondary N) is 1. The molecule has 2 aromatic carbocycles. The molecule has 0 saturated carbocycles. The van der Waals surface area contributed by atoms with Crippen LogP contribution in [0, 0.1) is 22.9 Å². The van der Waals surface area contributed by atoms with E-state index in [9.17, 15) is 24.4 Å². The quantitative estimate of drug-likeness (QED) is 0.620. The molecule has 25 heavy (non-hydrogen) atoms. The fourth-order valence-electron chi connectivity index (χ4n) is 2.66. The average Bonchev–Trinajstić information content (AvgIpc) is 2.54. The molecule has 0 spiro atoms. The van der Waals surface area contributed by atoms with Crippen LogP contribution in [-0.4, -0.2) is 22.0 Å². The second kappa shape index (κ2) is 7.85. The molecule has 0 aliphatic heterocycles. The highest BCUT2D eigenvalue weighted by molar-refractivity contribution is 5.98. The van der Waals surface area contributed by atoms with E-state index in [1.807, 2.05) is 6.07 Å². The summed E-state index contributed by atoms with van der Waals surface area (Å²) in [5.41, 5.74) is 0.0292. The number of nitrogens with zero attached hydrogens (tertiary/aromatic N) is 1. The molecule has 0 aliphatic rings. The number of nitro benzene ring substituents is 1. The van der Waals surface area contributed by atoms with Crippen molar-refractivity contribution in [2.24, 2.45) is 0 Å². The highest BCUT2D eigenvalue weighted by Crippen LogP contribution is 2.25. The third-order valence-corrected chi connectivity index (χ3v) is 3.83. The summed E-state index contributed by atoms with van der Waals surface area (Å²) in [4.78, 5) is 22.8. The number of benzene rings is 2. The number of aliphatic hydroxyl groups excluding tert-OH is 1. The fourth-order valence-corrected chi connectivity index (χ4v) is 2.66. The number of carbonyl (C=O) groups excluding carboxylic acids is 1. The summed E-state index contributed by atoms with van der Waals surface area (Å²) in [6, 6.07) is 10.3. The Morgan fingerprint density at radius 2 is 1.96 bits per heavy atom. The second-order valence-electron chi connectivity index (χ2n) is 5.91. The molecule has 2 N–H and O–H groups in total. The maximum Gasteiger partial charge on any atom is 0.285 e. The maximum atomic E-state index is 13.6. The predicted molar refractivity (Wildman–Crippen MR) is 90.7 cm³/mol. The third kappa shape index (κ3) is 4.60. The highest BCUT2D eigenvalue weighted by atomic mass is 19.1. The molecule has 0 aliphatic carbocycles. The molecule has 6 nitrogen and oxygen atoms in total. The van der Waals surface area contributed by atoms with Crippen LogP contribution in [0.15, 0.2) is 42.5 Å². The van der Waals surface area contributed by atoms with Crippen LogP contribution >= 0.6 is 0 Å². The minimum atomic E-state index is -0.791. The highest BCUT2D eigenvalue weighted by Gasteiger charge is 2.25. The van der Waals surface area contributed by atoms with Gasteiger partial charge in [-0.15, -0.1) is 0 Å². The van der Waals surface area contributed by atoms with E-state index in [1.165, 1.54) is 6.92 Å². The van der Waals surface area contributed by atoms with E-state index in [1.54, 1.807) is 31.2 Å². The van der Waals surface area contributed by atoms with Crippen LogP contribution in [0.1, 0.15) is 40.9 Å². The summed E-state index contributed by atoms with van der Waals surface area (Å²) < 4.78 is 13.6. The molecule has 0 radical (unpaired) electrons. The molecule has 2 aromatic rings. The van der Waals surface area contributed by atoms with E-state index in [0.717, 1.165) is 12.1 Å². The molecule has 0 fully saturated rings. The third-order valence-electron chi connectivity index (χ3n) is 3.83. The Balaban J connectivity index is 2.13. The number of carbonyl (C=O) groups is 1. The summed E-state index contributed by atoms with van der Waals surface area (Å²) in [5.74, 6) is -1.47. The number of aliphatic hydroxyl groups is 1. The summed E-state index contributed by atoms with van der Waals surface area (Å²) in [6.07, 6.45) is -0.571. The number of hydrogen-bond donors (Lipinski definition) is 2. The second-order valence-corrected chi connectivity index (χ2v) is 5.91. The SMILES string of the molecule is Cc1cc(F)cc(C(=O)NC(C)CC(O)c2ccccc2)c1[N+](=O)[O-]. The van der Waals surface area contributed by atoms with Crippen LogP contribution in [0.4, 0.5) is 10.1 Å². The monoisotopic (exact) mass is 346 g/mol. The first-order chi connectivity index (χ1) is 11.8. The van der Waals surface area contributed by atoms with E-state index in [2.05, 4.69) is 5.32 Å². The van der Waals surface area contributed by atoms with Gasteiger partial charge in [0.05, 0.1) is 11.0 Å². The Morgan fingerprint density at radius 3 is 2.56 bits per heavy atom. The number of hydrogen-bond acceptors (Lipinski definition) is 4. The largest absolute Gasteiger partial charge is 0.388 e. The molecule has 132 valence electrons. The topological polar surface area (TPSA) is 92.5 Å². The van der Waals surface area contributed by atoms with Crippen molar-refractivity contribution in [3.8, 4) is 0 Å². The molecule has 2 atom stereocenters. The van der Waals surface area contributed by atoms with Gasteiger partial charge < -0.3 is 10.4 Å². The van der Waals surface area contributed by atoms with Gasteiger partial charge in [0.1, 0.15) is 11.4 Å². The van der Waals surface area contributed by atoms with Crippen LogP contribution in [0.25, 0.3) is 0 Å². The first-order valence-corrected chi connectivity index (χ1v) is 7.78. The van der Waals surface area contributed by atoms with Crippen molar-refractivity contribution in [3.63, 3.8) is 0 Å². The zero-order valence-corrected chi connectivity index (χ0v) is 13.9. The van der Waals surface area contributed by atoms with E-state index >= 15 is 0 Å². The minimum Gasteiger partial charge on any atom is -0.388 e. The molecule has 0 heterocycles. The average molecular weight is 346 g/mol. The number of aryl methyl sites for hydroxylation is 1. The zero-order valence-electron chi connectivity index (χ0n) is 13.9. The van der Waals surface area contributed by atoms with Crippen LogP contribution < -0.4 is 5.32 Å². The Morgan fingerprint density at radius 1 is 1.32 bits per heavy atom. The van der Waals surface area contributed by atoms with Gasteiger partial charge in [-0.2, -0.15) is 0 Å². The molecular weight excluding hydrogens is 327 g/mol. The van der Waals surface area contributed by atoms with E-state index in [-0.39, 0.29) is 17.5 Å². The number of halogens is 1. The van der Waals surface area contributed by atoms with Gasteiger partial charge in [-0.25, -0.2) is 4.39 Å². The van der Waals surface area contributed by atoms with Crippen LogP contribution in [0.2, 0.25) is 0 Å². The minimum absolute atomic E-state index is 0.0760. The Hall–Kier alpha value is -2.80. The molecule has 1 amide bonds. The molecule has 2 rings (SSSR count). The number of nitro groups is 1. The molecule has 7 heteroatoms. The lowest BCUT2D eigenvalue weighted by molar-refractivity contribution is -0.385. The Kier molecular flexibility index (Phi) is 5.82. The van der Waals surface area contributed by atoms with Crippen molar-refractivity contribution in [3.05, 3.63) is 75.1 Å². The van der Waals surface area contributed by atoms with Gasteiger partial charge in [0.2, 0.25) is 0 Å². The van der Waals surface area contributed by atoms with Gasteiger partial charge in [0.15, 0.2) is 0 Å². The number of rotatable bonds is 6. The lowest BCUT2D eigenvalue weighted by atomic mass is 10.0. The lowest BCUT2D eigenvalue weighted by Gasteiger charge is -2.18. The molecule has 0 bridgehead atoms. The van der Waals surface area contributed by atoms with E-state index in [0.29, 0.717) is 5.56 Å². The van der Waals surface area contributed by atoms with Gasteiger partial charge in [-0.05, 0) is 38.0 Å². The summed E-state index contributed by atoms with van der Waals surface area (Å²) >= 11 is 0. The maximum absolute atomic E-state index is 13.6. The van der Waals surface area contributed by atoms with Gasteiger partial charge in [0, 0.05) is 11.6 Å². The van der Waals surface area contributed by atoms with Crippen molar-refractivity contribution >= 4 is 11.6 Å². The number of amides is 1. The Labute approximate surface area is 144 Å². The van der Waals surface area contributed by atoms with Crippen molar-refractivity contribution in [1.82, 2.24) is 5.32 Å². The van der Waals surface area contributed by atoms with Crippen molar-refractivity contribution < 1.29 is 19.2 Å². The molecule has 0 aromatic heterocycles. The molecule has 0 saturated heterocycles. The van der Waals surface area contributed by atoms with Crippen LogP contribution in [0.5, 0.6) is 0 Å². The molecular formula is C18H19FN2O4. The van der Waals surface area contributed by atoms with Crippen molar-refractivity contribution in [2.75, 3.05) is 0 Å². The van der Waals surface area contributed by atoms with Gasteiger partial charge in [0.25, 0.3) is 11.6 Å². The lowest BCUT2D eigenvalue weighted by Crippen LogP contribution is -2.34. The fraction of sp³-hybridized carbons (Fsp3) is 0.278. The van der Waals surface area contributed by atoms with Crippen molar-refractivity contribution in [2.45, 2.75) is 32.4 Å². The van der Waals surface area contributed by atoms with Crippen LogP contribution in [0.3, 0.4) is 0 Å². The summed E-state index contributed by atoms with van der Waals surface area (Å²) in [7, 11) is 0. The normalized spacial score (nSPS) is 13.1. The zero-order chi connectivity index (χ0) is 18.6. The Bertz CT molecular complexity index is 780. The van der Waals surface area contributed by atoms with Gasteiger partial charge in [-0.3, -0.25) is 14.9 Å². The first-order valence-electron chi connectivity index (χ1n) is 7.78.